The first-order valence-corrected chi connectivity index (χ1v) is 8.53. The monoisotopic (exact) mass is 341 g/mol. The van der Waals surface area contributed by atoms with Crippen LogP contribution >= 0.6 is 0 Å². The molecule has 0 saturated heterocycles. The van der Waals surface area contributed by atoms with Gasteiger partial charge in [0.25, 0.3) is 0 Å². The number of amides is 1. The summed E-state index contributed by atoms with van der Waals surface area (Å²) in [7, 11) is 1.64. The number of anilines is 1. The van der Waals surface area contributed by atoms with Gasteiger partial charge in [-0.25, -0.2) is 0 Å². The highest BCUT2D eigenvalue weighted by atomic mass is 16.5. The van der Waals surface area contributed by atoms with E-state index in [0.717, 1.165) is 22.6 Å². The fourth-order valence-corrected chi connectivity index (χ4v) is 3.16. The third kappa shape index (κ3) is 3.55. The minimum Gasteiger partial charge on any atom is -0.497 e. The van der Waals surface area contributed by atoms with Gasteiger partial charge in [0.1, 0.15) is 5.75 Å². The average Bonchev–Trinajstić information content (AvgIpc) is 2.62. The molecule has 3 rings (SSSR count). The summed E-state index contributed by atoms with van der Waals surface area (Å²) < 4.78 is 16.7. The zero-order valence-corrected chi connectivity index (χ0v) is 14.8. The van der Waals surface area contributed by atoms with E-state index in [1.54, 1.807) is 7.11 Å². The van der Waals surface area contributed by atoms with Crippen LogP contribution in [0.3, 0.4) is 0 Å². The van der Waals surface area contributed by atoms with E-state index in [0.29, 0.717) is 31.1 Å². The molecule has 1 atom stereocenters. The van der Waals surface area contributed by atoms with Crippen molar-refractivity contribution >= 4 is 11.6 Å². The van der Waals surface area contributed by atoms with Crippen molar-refractivity contribution in [1.29, 1.82) is 0 Å². The normalized spacial score (nSPS) is 16.0. The number of methoxy groups -OCH3 is 1. The van der Waals surface area contributed by atoms with Crippen LogP contribution in [-0.4, -0.2) is 26.2 Å². The maximum atomic E-state index is 12.2. The Morgan fingerprint density at radius 1 is 1.08 bits per heavy atom. The Kier molecular flexibility index (Phi) is 5.12. The maximum Gasteiger partial charge on any atom is 0.225 e. The van der Waals surface area contributed by atoms with Crippen LogP contribution in [0.15, 0.2) is 36.4 Å². The fraction of sp³-hybridized carbons (Fsp3) is 0.350. The van der Waals surface area contributed by atoms with Gasteiger partial charge in [0.15, 0.2) is 11.5 Å². The van der Waals surface area contributed by atoms with E-state index in [2.05, 4.69) is 5.32 Å². The van der Waals surface area contributed by atoms with E-state index in [1.807, 2.05) is 50.2 Å². The molecule has 0 aromatic heterocycles. The average molecular weight is 341 g/mol. The Morgan fingerprint density at radius 3 is 2.48 bits per heavy atom. The summed E-state index contributed by atoms with van der Waals surface area (Å²) in [5.41, 5.74) is 2.85. The van der Waals surface area contributed by atoms with Crippen molar-refractivity contribution < 1.29 is 19.0 Å². The van der Waals surface area contributed by atoms with Crippen LogP contribution in [-0.2, 0) is 4.79 Å². The molecule has 1 aliphatic rings. The number of nitrogens with one attached hydrogen (secondary N) is 1. The third-order valence-corrected chi connectivity index (χ3v) is 4.25. The molecule has 1 aliphatic heterocycles. The SMILES string of the molecule is CCOc1cc2c(cc1OCC)C(c1cccc(OC)c1)CC(=O)N2. The van der Waals surface area contributed by atoms with Gasteiger partial charge in [-0.2, -0.15) is 0 Å². The van der Waals surface area contributed by atoms with Crippen LogP contribution in [0.4, 0.5) is 5.69 Å². The second-order valence-corrected chi connectivity index (χ2v) is 5.83. The lowest BCUT2D eigenvalue weighted by Crippen LogP contribution is -2.23. The predicted molar refractivity (Wildman–Crippen MR) is 96.9 cm³/mol. The predicted octanol–water partition coefficient (Wildman–Crippen LogP) is 3.97. The van der Waals surface area contributed by atoms with E-state index in [4.69, 9.17) is 14.2 Å². The van der Waals surface area contributed by atoms with Crippen molar-refractivity contribution in [2.45, 2.75) is 26.2 Å². The summed E-state index contributed by atoms with van der Waals surface area (Å²) in [4.78, 5) is 12.2. The third-order valence-electron chi connectivity index (χ3n) is 4.25. The fourth-order valence-electron chi connectivity index (χ4n) is 3.16. The van der Waals surface area contributed by atoms with Crippen molar-refractivity contribution in [3.8, 4) is 17.2 Å². The molecule has 1 heterocycles. The second-order valence-electron chi connectivity index (χ2n) is 5.83. The van der Waals surface area contributed by atoms with E-state index in [9.17, 15) is 4.79 Å². The van der Waals surface area contributed by atoms with Crippen LogP contribution < -0.4 is 19.5 Å². The summed E-state index contributed by atoms with van der Waals surface area (Å²) in [6.07, 6.45) is 0.389. The number of hydrogen-bond acceptors (Lipinski definition) is 4. The Labute approximate surface area is 147 Å². The molecule has 25 heavy (non-hydrogen) atoms. The molecular weight excluding hydrogens is 318 g/mol. The molecule has 1 unspecified atom stereocenters. The molecule has 1 amide bonds. The van der Waals surface area contributed by atoms with E-state index in [-0.39, 0.29) is 11.8 Å². The Balaban J connectivity index is 2.09. The lowest BCUT2D eigenvalue weighted by molar-refractivity contribution is -0.116. The number of fused-ring (bicyclic) bond motifs is 1. The molecule has 0 fully saturated rings. The number of ether oxygens (including phenoxy) is 3. The van der Waals surface area contributed by atoms with Gasteiger partial charge in [0, 0.05) is 24.1 Å². The van der Waals surface area contributed by atoms with Gasteiger partial charge >= 0.3 is 0 Å². The molecule has 2 aromatic rings. The zero-order valence-electron chi connectivity index (χ0n) is 14.8. The Morgan fingerprint density at radius 2 is 1.80 bits per heavy atom. The molecule has 0 saturated carbocycles. The van der Waals surface area contributed by atoms with Gasteiger partial charge in [0.05, 0.1) is 20.3 Å². The summed E-state index contributed by atoms with van der Waals surface area (Å²) in [6.45, 7) is 4.95. The first-order chi connectivity index (χ1) is 12.2. The van der Waals surface area contributed by atoms with Gasteiger partial charge in [-0.05, 0) is 43.2 Å². The van der Waals surface area contributed by atoms with Crippen molar-refractivity contribution in [3.05, 3.63) is 47.5 Å². The summed E-state index contributed by atoms with van der Waals surface area (Å²) >= 11 is 0. The van der Waals surface area contributed by atoms with Crippen LogP contribution in [0.25, 0.3) is 0 Å². The number of carbonyl (C=O) groups is 1. The molecule has 2 aromatic carbocycles. The quantitative estimate of drug-likeness (QED) is 0.864. The van der Waals surface area contributed by atoms with Crippen LogP contribution in [0.5, 0.6) is 17.2 Å². The summed E-state index contributed by atoms with van der Waals surface area (Å²) in [6, 6.07) is 11.7. The molecule has 0 bridgehead atoms. The highest BCUT2D eigenvalue weighted by Gasteiger charge is 2.28. The summed E-state index contributed by atoms with van der Waals surface area (Å²) in [5.74, 6) is 2.07. The Hall–Kier alpha value is -2.69. The van der Waals surface area contributed by atoms with Crippen molar-refractivity contribution in [2.24, 2.45) is 0 Å². The highest BCUT2D eigenvalue weighted by Crippen LogP contribution is 2.43. The van der Waals surface area contributed by atoms with Crippen LogP contribution in [0, 0.1) is 0 Å². The first kappa shape index (κ1) is 17.1. The molecular formula is C20H23NO4. The lowest BCUT2D eigenvalue weighted by Gasteiger charge is -2.27. The topological polar surface area (TPSA) is 56.8 Å². The minimum atomic E-state index is -0.0475. The number of hydrogen-bond donors (Lipinski definition) is 1. The zero-order chi connectivity index (χ0) is 17.8. The van der Waals surface area contributed by atoms with Gasteiger partial charge < -0.3 is 19.5 Å². The van der Waals surface area contributed by atoms with E-state index >= 15 is 0 Å². The van der Waals surface area contributed by atoms with Gasteiger partial charge in [0.2, 0.25) is 5.91 Å². The van der Waals surface area contributed by atoms with Crippen molar-refractivity contribution in [3.63, 3.8) is 0 Å². The van der Waals surface area contributed by atoms with Gasteiger partial charge in [-0.1, -0.05) is 12.1 Å². The van der Waals surface area contributed by atoms with Crippen molar-refractivity contribution in [2.75, 3.05) is 25.6 Å². The molecule has 5 heteroatoms. The van der Waals surface area contributed by atoms with Gasteiger partial charge in [-0.3, -0.25) is 4.79 Å². The van der Waals surface area contributed by atoms with E-state index in [1.165, 1.54) is 0 Å². The van der Waals surface area contributed by atoms with Crippen LogP contribution in [0.2, 0.25) is 0 Å². The smallest absolute Gasteiger partial charge is 0.225 e. The first-order valence-electron chi connectivity index (χ1n) is 8.53. The van der Waals surface area contributed by atoms with Crippen LogP contribution in [0.1, 0.15) is 37.3 Å². The molecule has 0 aliphatic carbocycles. The molecule has 0 radical (unpaired) electrons. The van der Waals surface area contributed by atoms with Crippen molar-refractivity contribution in [1.82, 2.24) is 0 Å². The molecule has 132 valence electrons. The number of rotatable bonds is 6. The molecule has 5 nitrogen and oxygen atoms in total. The molecule has 0 spiro atoms. The Bertz CT molecular complexity index is 772. The minimum absolute atomic E-state index is 0.00747. The number of benzene rings is 2. The number of carbonyl (C=O) groups excluding carboxylic acids is 1. The lowest BCUT2D eigenvalue weighted by atomic mass is 9.84. The maximum absolute atomic E-state index is 12.2. The van der Waals surface area contributed by atoms with E-state index < -0.39 is 0 Å². The largest absolute Gasteiger partial charge is 0.497 e. The molecule has 1 N–H and O–H groups in total. The highest BCUT2D eigenvalue weighted by molar-refractivity contribution is 5.96. The summed E-state index contributed by atoms with van der Waals surface area (Å²) in [5, 5.41) is 2.95. The van der Waals surface area contributed by atoms with Gasteiger partial charge in [-0.15, -0.1) is 0 Å². The standard InChI is InChI=1S/C20H23NO4/c1-4-24-18-10-16-15(13-7-6-8-14(9-13)23-3)11-20(22)21-17(16)12-19(18)25-5-2/h6-10,12,15H,4-5,11H2,1-3H3,(H,21,22). The second kappa shape index (κ2) is 7.47.